The molecule has 2 N–H and O–H groups in total. The first kappa shape index (κ1) is 11.2. The van der Waals surface area contributed by atoms with Crippen LogP contribution in [-0.4, -0.2) is 29.4 Å². The summed E-state index contributed by atoms with van der Waals surface area (Å²) < 4.78 is 4.78. The molecule has 0 fully saturated rings. The molecule has 4 nitrogen and oxygen atoms in total. The van der Waals surface area contributed by atoms with E-state index in [1.54, 1.807) is 27.7 Å². The van der Waals surface area contributed by atoms with E-state index in [9.17, 15) is 9.90 Å². The van der Waals surface area contributed by atoms with Crippen molar-refractivity contribution in [3.05, 3.63) is 0 Å². The van der Waals surface area contributed by atoms with Crippen molar-refractivity contribution in [1.82, 2.24) is 5.32 Å². The quantitative estimate of drug-likeness (QED) is 0.669. The number of hydrogen-bond donors (Lipinski definition) is 2. The van der Waals surface area contributed by atoms with Gasteiger partial charge in [0.05, 0.1) is 11.7 Å². The minimum atomic E-state index is -0.893. The number of ether oxygens (including phenoxy) is 1. The summed E-state index contributed by atoms with van der Waals surface area (Å²) in [4.78, 5) is 10.9. The molecule has 0 aliphatic carbocycles. The molecule has 0 spiro atoms. The number of carbonyl (C=O) groups excluding carboxylic acids is 1. The van der Waals surface area contributed by atoms with Gasteiger partial charge in [0.1, 0.15) is 0 Å². The third-order valence-corrected chi connectivity index (χ3v) is 1.01. The first-order chi connectivity index (χ1) is 5.31. The third-order valence-electron chi connectivity index (χ3n) is 1.01. The fourth-order valence-electron chi connectivity index (χ4n) is 0.544. The predicted octanol–water partition coefficient (Wildman–Crippen LogP) is 0.892. The van der Waals surface area contributed by atoms with E-state index in [1.165, 1.54) is 0 Å². The highest BCUT2D eigenvalue weighted by molar-refractivity contribution is 5.67. The molecule has 0 rings (SSSR count). The van der Waals surface area contributed by atoms with Crippen molar-refractivity contribution in [3.8, 4) is 0 Å². The van der Waals surface area contributed by atoms with E-state index >= 15 is 0 Å². The van der Waals surface area contributed by atoms with E-state index in [1.807, 2.05) is 0 Å². The number of alkyl carbamates (subject to hydrolysis) is 1. The van der Waals surface area contributed by atoms with Gasteiger partial charge in [0.25, 0.3) is 0 Å². The standard InChI is InChI=1S/C8H17NO3/c1-6(2)12-7(10)9-5-8(3,4)11/h6,11H,5H2,1-4H3,(H,9,10). The zero-order chi connectivity index (χ0) is 9.78. The average Bonchev–Trinajstić information content (AvgIpc) is 1.80. The van der Waals surface area contributed by atoms with Crippen LogP contribution in [0.5, 0.6) is 0 Å². The summed E-state index contributed by atoms with van der Waals surface area (Å²) in [5.74, 6) is 0. The van der Waals surface area contributed by atoms with E-state index in [-0.39, 0.29) is 12.6 Å². The van der Waals surface area contributed by atoms with Crippen molar-refractivity contribution in [2.75, 3.05) is 6.54 Å². The van der Waals surface area contributed by atoms with Gasteiger partial charge in [0.15, 0.2) is 0 Å². The van der Waals surface area contributed by atoms with Crippen LogP contribution in [0.25, 0.3) is 0 Å². The second kappa shape index (κ2) is 4.30. The predicted molar refractivity (Wildman–Crippen MR) is 45.9 cm³/mol. The highest BCUT2D eigenvalue weighted by Crippen LogP contribution is 1.97. The summed E-state index contributed by atoms with van der Waals surface area (Å²) in [6, 6.07) is 0. The second-order valence-corrected chi connectivity index (χ2v) is 3.62. The number of rotatable bonds is 3. The maximum Gasteiger partial charge on any atom is 0.407 e. The normalized spacial score (nSPS) is 11.5. The van der Waals surface area contributed by atoms with Crippen LogP contribution in [0.4, 0.5) is 4.79 Å². The molecule has 0 aliphatic heterocycles. The van der Waals surface area contributed by atoms with E-state index < -0.39 is 11.7 Å². The summed E-state index contributed by atoms with van der Waals surface area (Å²) in [5.41, 5.74) is -0.893. The largest absolute Gasteiger partial charge is 0.447 e. The molecule has 0 heterocycles. The molecule has 0 aromatic heterocycles. The summed E-state index contributed by atoms with van der Waals surface area (Å²) in [7, 11) is 0. The molecule has 0 atom stereocenters. The van der Waals surface area contributed by atoms with Gasteiger partial charge < -0.3 is 15.2 Å². The molecule has 0 aromatic carbocycles. The van der Waals surface area contributed by atoms with Gasteiger partial charge in [0, 0.05) is 6.54 Å². The molecule has 0 aliphatic rings. The molecule has 0 bridgehead atoms. The fraction of sp³-hybridized carbons (Fsp3) is 0.875. The van der Waals surface area contributed by atoms with E-state index in [0.29, 0.717) is 0 Å². The Morgan fingerprint density at radius 2 is 2.08 bits per heavy atom. The Hall–Kier alpha value is -0.770. The van der Waals surface area contributed by atoms with Crippen molar-refractivity contribution in [1.29, 1.82) is 0 Å². The zero-order valence-electron chi connectivity index (χ0n) is 8.05. The lowest BCUT2D eigenvalue weighted by atomic mass is 10.1. The maximum absolute atomic E-state index is 10.9. The van der Waals surface area contributed by atoms with Crippen molar-refractivity contribution in [2.24, 2.45) is 0 Å². The minimum Gasteiger partial charge on any atom is -0.447 e. The van der Waals surface area contributed by atoms with Crippen molar-refractivity contribution in [2.45, 2.75) is 39.4 Å². The molecule has 0 saturated heterocycles. The van der Waals surface area contributed by atoms with Crippen LogP contribution in [0.2, 0.25) is 0 Å². The van der Waals surface area contributed by atoms with E-state index in [2.05, 4.69) is 5.32 Å². The molecular weight excluding hydrogens is 158 g/mol. The molecule has 0 saturated carbocycles. The minimum absolute atomic E-state index is 0.133. The molecule has 4 heteroatoms. The van der Waals surface area contributed by atoms with Crippen molar-refractivity contribution >= 4 is 6.09 Å². The lowest BCUT2D eigenvalue weighted by Crippen LogP contribution is -2.39. The second-order valence-electron chi connectivity index (χ2n) is 3.62. The number of nitrogens with one attached hydrogen (secondary N) is 1. The molecule has 0 aromatic rings. The molecule has 0 unspecified atom stereocenters. The fourth-order valence-corrected chi connectivity index (χ4v) is 0.544. The van der Waals surface area contributed by atoms with E-state index in [0.717, 1.165) is 0 Å². The van der Waals surface area contributed by atoms with Crippen LogP contribution in [0.3, 0.4) is 0 Å². The summed E-state index contributed by atoms with van der Waals surface area (Å²) in [5, 5.41) is 11.7. The van der Waals surface area contributed by atoms with Gasteiger partial charge in [-0.3, -0.25) is 0 Å². The summed E-state index contributed by atoms with van der Waals surface area (Å²) >= 11 is 0. The number of amides is 1. The lowest BCUT2D eigenvalue weighted by molar-refractivity contribution is 0.0685. The third kappa shape index (κ3) is 7.34. The summed E-state index contributed by atoms with van der Waals surface area (Å²) in [6.07, 6.45) is -0.626. The zero-order valence-corrected chi connectivity index (χ0v) is 8.05. The number of carbonyl (C=O) groups is 1. The number of aliphatic hydroxyl groups is 1. The molecule has 0 radical (unpaired) electrons. The first-order valence-corrected chi connectivity index (χ1v) is 3.98. The van der Waals surface area contributed by atoms with Gasteiger partial charge in [-0.2, -0.15) is 0 Å². The van der Waals surface area contributed by atoms with Gasteiger partial charge in [-0.05, 0) is 27.7 Å². The lowest BCUT2D eigenvalue weighted by Gasteiger charge is -2.18. The highest BCUT2D eigenvalue weighted by Gasteiger charge is 2.14. The van der Waals surface area contributed by atoms with Gasteiger partial charge in [0.2, 0.25) is 0 Å². The van der Waals surface area contributed by atoms with Crippen LogP contribution >= 0.6 is 0 Å². The van der Waals surface area contributed by atoms with Crippen LogP contribution < -0.4 is 5.32 Å². The monoisotopic (exact) mass is 175 g/mol. The Bertz CT molecular complexity index is 149. The Labute approximate surface area is 72.9 Å². The Kier molecular flexibility index (Phi) is 4.03. The van der Waals surface area contributed by atoms with Gasteiger partial charge in [-0.15, -0.1) is 0 Å². The molecular formula is C8H17NO3. The van der Waals surface area contributed by atoms with Crippen molar-refractivity contribution in [3.63, 3.8) is 0 Å². The maximum atomic E-state index is 10.9. The Morgan fingerprint density at radius 3 is 2.42 bits per heavy atom. The van der Waals surface area contributed by atoms with Crippen molar-refractivity contribution < 1.29 is 14.6 Å². The summed E-state index contributed by atoms with van der Waals surface area (Å²) in [6.45, 7) is 6.96. The van der Waals surface area contributed by atoms with Crippen LogP contribution in [0, 0.1) is 0 Å². The Balaban J connectivity index is 3.58. The number of hydrogen-bond acceptors (Lipinski definition) is 3. The smallest absolute Gasteiger partial charge is 0.407 e. The van der Waals surface area contributed by atoms with Gasteiger partial charge in [-0.1, -0.05) is 0 Å². The molecule has 72 valence electrons. The van der Waals surface area contributed by atoms with Gasteiger partial charge in [-0.25, -0.2) is 4.79 Å². The molecule has 1 amide bonds. The molecule has 12 heavy (non-hydrogen) atoms. The van der Waals surface area contributed by atoms with Crippen LogP contribution in [-0.2, 0) is 4.74 Å². The van der Waals surface area contributed by atoms with Crippen LogP contribution in [0.1, 0.15) is 27.7 Å². The average molecular weight is 175 g/mol. The van der Waals surface area contributed by atoms with Crippen LogP contribution in [0.15, 0.2) is 0 Å². The topological polar surface area (TPSA) is 58.6 Å². The van der Waals surface area contributed by atoms with E-state index in [4.69, 9.17) is 4.74 Å². The first-order valence-electron chi connectivity index (χ1n) is 3.98. The van der Waals surface area contributed by atoms with Gasteiger partial charge >= 0.3 is 6.09 Å². The Morgan fingerprint density at radius 1 is 1.58 bits per heavy atom. The SMILES string of the molecule is CC(C)OC(=O)NCC(C)(C)O. The highest BCUT2D eigenvalue weighted by atomic mass is 16.6.